The molecule has 1 aromatic rings. The van der Waals surface area contributed by atoms with E-state index in [9.17, 15) is 0 Å². The maximum Gasteiger partial charge on any atom is 0.0826 e. The molecule has 1 atom stereocenters. The predicted molar refractivity (Wildman–Crippen MR) is 65.6 cm³/mol. The van der Waals surface area contributed by atoms with Gasteiger partial charge >= 0.3 is 0 Å². The summed E-state index contributed by atoms with van der Waals surface area (Å²) >= 11 is 0. The molecule has 0 radical (unpaired) electrons. The molecule has 1 aliphatic heterocycles. The molecule has 17 heavy (non-hydrogen) atoms. The van der Waals surface area contributed by atoms with E-state index in [1.165, 1.54) is 0 Å². The van der Waals surface area contributed by atoms with Gasteiger partial charge in [0.2, 0.25) is 0 Å². The van der Waals surface area contributed by atoms with Gasteiger partial charge in [-0.1, -0.05) is 6.92 Å². The number of ether oxygens (including phenoxy) is 1. The van der Waals surface area contributed by atoms with Crippen molar-refractivity contribution in [3.8, 4) is 0 Å². The third-order valence-electron chi connectivity index (χ3n) is 2.96. The van der Waals surface area contributed by atoms with E-state index in [1.54, 1.807) is 18.6 Å². The number of nitrogens with zero attached hydrogens (tertiary/aromatic N) is 3. The summed E-state index contributed by atoms with van der Waals surface area (Å²) in [4.78, 5) is 10.7. The summed E-state index contributed by atoms with van der Waals surface area (Å²) < 4.78 is 5.71. The van der Waals surface area contributed by atoms with Gasteiger partial charge in [0.15, 0.2) is 0 Å². The Morgan fingerprint density at radius 1 is 1.53 bits per heavy atom. The van der Waals surface area contributed by atoms with Crippen molar-refractivity contribution >= 4 is 0 Å². The lowest BCUT2D eigenvalue weighted by Crippen LogP contribution is -2.46. The highest BCUT2D eigenvalue weighted by atomic mass is 16.5. The van der Waals surface area contributed by atoms with Gasteiger partial charge in [-0.15, -0.1) is 0 Å². The molecule has 0 bridgehead atoms. The fourth-order valence-corrected chi connectivity index (χ4v) is 1.97. The molecule has 0 saturated carbocycles. The van der Waals surface area contributed by atoms with Crippen LogP contribution in [0.25, 0.3) is 0 Å². The maximum absolute atomic E-state index is 5.71. The molecule has 0 aromatic carbocycles. The highest BCUT2D eigenvalue weighted by molar-refractivity contribution is 4.93. The zero-order valence-electron chi connectivity index (χ0n) is 10.3. The first kappa shape index (κ1) is 12.4. The molecule has 94 valence electrons. The molecule has 5 heteroatoms. The van der Waals surface area contributed by atoms with Gasteiger partial charge in [0.25, 0.3) is 0 Å². The lowest BCUT2D eigenvalue weighted by atomic mass is 10.2. The predicted octanol–water partition coefficient (Wildman–Crippen LogP) is 0.287. The molecular weight excluding hydrogens is 216 g/mol. The smallest absolute Gasteiger partial charge is 0.0826 e. The Labute approximate surface area is 102 Å². The number of rotatable bonds is 5. The summed E-state index contributed by atoms with van der Waals surface area (Å²) in [5.74, 6) is 0. The fraction of sp³-hybridized carbons (Fsp3) is 0.667. The van der Waals surface area contributed by atoms with Gasteiger partial charge in [0, 0.05) is 44.8 Å². The van der Waals surface area contributed by atoms with Crippen molar-refractivity contribution in [2.45, 2.75) is 19.6 Å². The number of hydrogen-bond donors (Lipinski definition) is 1. The molecule has 1 N–H and O–H groups in total. The third-order valence-corrected chi connectivity index (χ3v) is 2.96. The first-order valence-electron chi connectivity index (χ1n) is 6.18. The average Bonchev–Trinajstić information content (AvgIpc) is 2.40. The maximum atomic E-state index is 5.71. The van der Waals surface area contributed by atoms with Crippen LogP contribution in [0.5, 0.6) is 0 Å². The molecule has 2 heterocycles. The summed E-state index contributed by atoms with van der Waals surface area (Å²) in [5.41, 5.74) is 0.968. The number of nitrogens with one attached hydrogen (secondary N) is 1. The average molecular weight is 236 g/mol. The first-order valence-corrected chi connectivity index (χ1v) is 6.18. The van der Waals surface area contributed by atoms with Gasteiger partial charge in [0.1, 0.15) is 0 Å². The number of aromatic nitrogens is 2. The van der Waals surface area contributed by atoms with Crippen molar-refractivity contribution in [3.05, 3.63) is 24.3 Å². The van der Waals surface area contributed by atoms with E-state index >= 15 is 0 Å². The second-order valence-corrected chi connectivity index (χ2v) is 4.21. The summed E-state index contributed by atoms with van der Waals surface area (Å²) in [5, 5.41) is 3.36. The summed E-state index contributed by atoms with van der Waals surface area (Å²) in [6.45, 7) is 7.82. The Kier molecular flexibility index (Phi) is 4.85. The Morgan fingerprint density at radius 2 is 2.47 bits per heavy atom. The second kappa shape index (κ2) is 6.64. The Bertz CT molecular complexity index is 320. The van der Waals surface area contributed by atoms with Gasteiger partial charge < -0.3 is 10.1 Å². The van der Waals surface area contributed by atoms with Crippen LogP contribution in [0.4, 0.5) is 0 Å². The SMILES string of the molecule is CCN1CCOC(CNCc2cnccn2)C1. The van der Waals surface area contributed by atoms with Crippen molar-refractivity contribution in [1.29, 1.82) is 0 Å². The number of hydrogen-bond acceptors (Lipinski definition) is 5. The van der Waals surface area contributed by atoms with Crippen LogP contribution in [0.1, 0.15) is 12.6 Å². The standard InChI is InChI=1S/C12H20N4O/c1-2-16-5-6-17-12(10-16)9-14-8-11-7-13-3-4-15-11/h3-4,7,12,14H,2,5-6,8-10H2,1H3. The molecule has 2 rings (SSSR count). The van der Waals surface area contributed by atoms with Gasteiger partial charge in [-0.2, -0.15) is 0 Å². The fourth-order valence-electron chi connectivity index (χ4n) is 1.97. The van der Waals surface area contributed by atoms with E-state index in [-0.39, 0.29) is 0 Å². The van der Waals surface area contributed by atoms with E-state index in [1.807, 2.05) is 0 Å². The molecule has 1 fully saturated rings. The van der Waals surface area contributed by atoms with Gasteiger partial charge in [0.05, 0.1) is 18.4 Å². The summed E-state index contributed by atoms with van der Waals surface area (Å²) in [7, 11) is 0. The number of likely N-dealkylation sites (N-methyl/N-ethyl adjacent to an activating group) is 1. The molecule has 1 aromatic heterocycles. The van der Waals surface area contributed by atoms with Gasteiger partial charge in [-0.05, 0) is 6.54 Å². The number of morpholine rings is 1. The van der Waals surface area contributed by atoms with Crippen LogP contribution in [0.3, 0.4) is 0 Å². The van der Waals surface area contributed by atoms with Crippen LogP contribution in [-0.2, 0) is 11.3 Å². The van der Waals surface area contributed by atoms with Crippen LogP contribution in [0, 0.1) is 0 Å². The van der Waals surface area contributed by atoms with E-state index in [4.69, 9.17) is 4.74 Å². The second-order valence-electron chi connectivity index (χ2n) is 4.21. The van der Waals surface area contributed by atoms with Crippen LogP contribution < -0.4 is 5.32 Å². The minimum absolute atomic E-state index is 0.292. The normalized spacial score (nSPS) is 21.6. The van der Waals surface area contributed by atoms with Crippen molar-refractivity contribution in [2.75, 3.05) is 32.8 Å². The van der Waals surface area contributed by atoms with Crippen LogP contribution >= 0.6 is 0 Å². The minimum Gasteiger partial charge on any atom is -0.374 e. The van der Waals surface area contributed by atoms with E-state index in [0.29, 0.717) is 6.10 Å². The monoisotopic (exact) mass is 236 g/mol. The quantitative estimate of drug-likeness (QED) is 0.796. The molecular formula is C12H20N4O. The largest absolute Gasteiger partial charge is 0.374 e. The highest BCUT2D eigenvalue weighted by Gasteiger charge is 2.18. The van der Waals surface area contributed by atoms with Crippen molar-refractivity contribution in [2.24, 2.45) is 0 Å². The zero-order chi connectivity index (χ0) is 11.9. The van der Waals surface area contributed by atoms with E-state index < -0.39 is 0 Å². The van der Waals surface area contributed by atoms with E-state index in [0.717, 1.165) is 45.0 Å². The zero-order valence-corrected chi connectivity index (χ0v) is 10.3. The molecule has 0 spiro atoms. The molecule has 0 aliphatic carbocycles. The summed E-state index contributed by atoms with van der Waals surface area (Å²) in [6, 6.07) is 0. The van der Waals surface area contributed by atoms with Crippen molar-refractivity contribution in [1.82, 2.24) is 20.2 Å². The Morgan fingerprint density at radius 3 is 3.24 bits per heavy atom. The minimum atomic E-state index is 0.292. The van der Waals surface area contributed by atoms with E-state index in [2.05, 4.69) is 27.1 Å². The lowest BCUT2D eigenvalue weighted by Gasteiger charge is -2.32. The van der Waals surface area contributed by atoms with Crippen LogP contribution in [-0.4, -0.2) is 53.8 Å². The highest BCUT2D eigenvalue weighted by Crippen LogP contribution is 2.03. The molecule has 0 amide bonds. The Balaban J connectivity index is 1.68. The third kappa shape index (κ3) is 4.03. The topological polar surface area (TPSA) is 50.3 Å². The molecule has 5 nitrogen and oxygen atoms in total. The van der Waals surface area contributed by atoms with Crippen LogP contribution in [0.15, 0.2) is 18.6 Å². The van der Waals surface area contributed by atoms with Crippen LogP contribution in [0.2, 0.25) is 0 Å². The summed E-state index contributed by atoms with van der Waals surface area (Å²) in [6.07, 6.45) is 5.48. The van der Waals surface area contributed by atoms with Gasteiger partial charge in [-0.25, -0.2) is 0 Å². The van der Waals surface area contributed by atoms with Crippen molar-refractivity contribution in [3.63, 3.8) is 0 Å². The Hall–Kier alpha value is -1.04. The molecule has 1 unspecified atom stereocenters. The lowest BCUT2D eigenvalue weighted by molar-refractivity contribution is -0.0254. The first-order chi connectivity index (χ1) is 8.38. The van der Waals surface area contributed by atoms with Gasteiger partial charge in [-0.3, -0.25) is 14.9 Å². The molecule has 1 aliphatic rings. The van der Waals surface area contributed by atoms with Crippen molar-refractivity contribution < 1.29 is 4.74 Å². The molecule has 1 saturated heterocycles.